The molecule has 0 aliphatic heterocycles. The Labute approximate surface area is 210 Å². The first-order valence-electron chi connectivity index (χ1n) is 11.0. The lowest BCUT2D eigenvalue weighted by Crippen LogP contribution is -2.58. The molecule has 1 fully saturated rings. The first-order valence-corrected chi connectivity index (χ1v) is 11.0. The van der Waals surface area contributed by atoms with Gasteiger partial charge in [0, 0.05) is 18.9 Å². The Morgan fingerprint density at radius 3 is 2.03 bits per heavy atom. The molecule has 2 aromatic carbocycles. The van der Waals surface area contributed by atoms with Crippen LogP contribution in [0.25, 0.3) is 12.2 Å². The number of hydrogen-bond acceptors (Lipinski definition) is 11. The maximum Gasteiger partial charge on any atom is 0.335 e. The summed E-state index contributed by atoms with van der Waals surface area (Å²) in [7, 11) is 0. The fourth-order valence-electron chi connectivity index (χ4n) is 3.74. The molecule has 198 valence electrons. The minimum absolute atomic E-state index is 0.338. The Bertz CT molecular complexity index is 1210. The van der Waals surface area contributed by atoms with E-state index in [1.165, 1.54) is 48.6 Å². The zero-order valence-electron chi connectivity index (χ0n) is 19.2. The second-order valence-corrected chi connectivity index (χ2v) is 8.47. The normalized spacial score (nSPS) is 24.8. The third kappa shape index (κ3) is 6.98. The molecule has 0 aromatic heterocycles. The van der Waals surface area contributed by atoms with E-state index in [2.05, 4.69) is 0 Å². The number of phenols is 4. The molecule has 8 N–H and O–H groups in total. The highest BCUT2D eigenvalue weighted by Gasteiger charge is 2.51. The van der Waals surface area contributed by atoms with Gasteiger partial charge in [-0.2, -0.15) is 0 Å². The molecule has 0 bridgehead atoms. The van der Waals surface area contributed by atoms with Crippen molar-refractivity contribution >= 4 is 24.1 Å². The molecular formula is C25H26O12. The summed E-state index contributed by atoms with van der Waals surface area (Å²) in [5, 5.41) is 78.4. The van der Waals surface area contributed by atoms with E-state index in [1.807, 2.05) is 0 Å². The Morgan fingerprint density at radius 2 is 1.49 bits per heavy atom. The summed E-state index contributed by atoms with van der Waals surface area (Å²) < 4.78 is 10.6. The number of rotatable bonds is 8. The highest BCUT2D eigenvalue weighted by atomic mass is 16.6. The Kier molecular flexibility index (Phi) is 8.40. The summed E-state index contributed by atoms with van der Waals surface area (Å²) >= 11 is 0. The average Bonchev–Trinajstić information content (AvgIpc) is 2.82. The molecule has 0 saturated heterocycles. The van der Waals surface area contributed by atoms with Crippen LogP contribution in [0.15, 0.2) is 48.6 Å². The molecule has 3 rings (SSSR count). The van der Waals surface area contributed by atoms with Gasteiger partial charge in [0.15, 0.2) is 41.0 Å². The number of carbonyl (C=O) groups is 2. The van der Waals surface area contributed by atoms with Crippen molar-refractivity contribution in [1.29, 1.82) is 0 Å². The van der Waals surface area contributed by atoms with Crippen molar-refractivity contribution in [3.8, 4) is 23.0 Å². The van der Waals surface area contributed by atoms with E-state index >= 15 is 0 Å². The Hall–Kier alpha value is -4.10. The predicted molar refractivity (Wildman–Crippen MR) is 126 cm³/mol. The molecule has 1 aliphatic carbocycles. The van der Waals surface area contributed by atoms with Gasteiger partial charge < -0.3 is 50.3 Å². The second kappa shape index (κ2) is 11.3. The van der Waals surface area contributed by atoms with Crippen molar-refractivity contribution < 1.29 is 59.9 Å². The van der Waals surface area contributed by atoms with Crippen molar-refractivity contribution in [3.63, 3.8) is 0 Å². The quantitative estimate of drug-likeness (QED) is 0.106. The topological polar surface area (TPSA) is 214 Å². The van der Waals surface area contributed by atoms with Crippen molar-refractivity contribution in [2.45, 2.75) is 43.0 Å². The van der Waals surface area contributed by atoms with Crippen molar-refractivity contribution in [1.82, 2.24) is 0 Å². The summed E-state index contributed by atoms with van der Waals surface area (Å²) in [4.78, 5) is 24.0. The van der Waals surface area contributed by atoms with Gasteiger partial charge in [0.25, 0.3) is 0 Å². The largest absolute Gasteiger partial charge is 0.504 e. The lowest BCUT2D eigenvalue weighted by atomic mass is 9.79. The van der Waals surface area contributed by atoms with Gasteiger partial charge in [-0.1, -0.05) is 18.2 Å². The van der Waals surface area contributed by atoms with Gasteiger partial charge >= 0.3 is 11.9 Å². The second-order valence-electron chi connectivity index (χ2n) is 8.47. The van der Waals surface area contributed by atoms with Crippen molar-refractivity contribution in [2.24, 2.45) is 0 Å². The minimum Gasteiger partial charge on any atom is -0.504 e. The molecule has 0 radical (unpaired) electrons. The lowest BCUT2D eigenvalue weighted by molar-refractivity contribution is -0.224. The zero-order chi connectivity index (χ0) is 27.3. The third-order valence-electron chi connectivity index (χ3n) is 5.66. The number of carboxylic acid groups (broad SMARTS) is 1. The Balaban J connectivity index is 1.75. The predicted octanol–water partition coefficient (Wildman–Crippen LogP) is 0.821. The van der Waals surface area contributed by atoms with Crippen LogP contribution in [0, 0.1) is 0 Å². The molecule has 5 atom stereocenters. The summed E-state index contributed by atoms with van der Waals surface area (Å²) in [6, 6.07) is 7.65. The first-order chi connectivity index (χ1) is 17.4. The van der Waals surface area contributed by atoms with Crippen LogP contribution >= 0.6 is 0 Å². The first kappa shape index (κ1) is 27.5. The van der Waals surface area contributed by atoms with Crippen LogP contribution in [0.3, 0.4) is 0 Å². The summed E-state index contributed by atoms with van der Waals surface area (Å²) in [6.07, 6.45) is -2.94. The van der Waals surface area contributed by atoms with Crippen LogP contribution in [0.4, 0.5) is 0 Å². The smallest absolute Gasteiger partial charge is 0.335 e. The van der Waals surface area contributed by atoms with Gasteiger partial charge in [-0.3, -0.25) is 0 Å². The molecule has 0 amide bonds. The molecule has 2 aromatic rings. The summed E-state index contributed by atoms with van der Waals surface area (Å²) in [6.45, 7) is 0. The van der Waals surface area contributed by atoms with Crippen molar-refractivity contribution in [2.75, 3.05) is 0 Å². The maximum absolute atomic E-state index is 12.4. The minimum atomic E-state index is -2.42. The number of aliphatic carboxylic acids is 1. The molecular weight excluding hydrogens is 492 g/mol. The molecule has 1 aliphatic rings. The molecule has 12 nitrogen and oxygen atoms in total. The number of ether oxygens (including phenoxy) is 2. The SMILES string of the molecule is O=C(/C=C/c1ccc(O)c(O)c1)O[C@H]1C(O)C[C@](O)(C(=O)O)CC1OC(O)/C=C/c1ccc(O)c(O)c1. The molecule has 12 heteroatoms. The van der Waals surface area contributed by atoms with E-state index in [0.29, 0.717) is 11.1 Å². The van der Waals surface area contributed by atoms with Gasteiger partial charge in [-0.15, -0.1) is 0 Å². The number of carboxylic acids is 1. The number of aliphatic hydroxyl groups excluding tert-OH is 2. The van der Waals surface area contributed by atoms with Crippen LogP contribution < -0.4 is 0 Å². The van der Waals surface area contributed by atoms with Crippen LogP contribution in [0.5, 0.6) is 23.0 Å². The fourth-order valence-corrected chi connectivity index (χ4v) is 3.74. The monoisotopic (exact) mass is 518 g/mol. The summed E-state index contributed by atoms with van der Waals surface area (Å²) in [5.74, 6) is -4.13. The molecule has 3 unspecified atom stereocenters. The lowest BCUT2D eigenvalue weighted by Gasteiger charge is -2.41. The molecule has 0 spiro atoms. The maximum atomic E-state index is 12.4. The number of hydrogen-bond donors (Lipinski definition) is 8. The Morgan fingerprint density at radius 1 is 0.919 bits per heavy atom. The van der Waals surface area contributed by atoms with Gasteiger partial charge in [-0.05, 0) is 47.5 Å². The average molecular weight is 518 g/mol. The molecule has 37 heavy (non-hydrogen) atoms. The van der Waals surface area contributed by atoms with Gasteiger partial charge in [0.05, 0.1) is 6.10 Å². The summed E-state index contributed by atoms with van der Waals surface area (Å²) in [5.41, 5.74) is -1.71. The van der Waals surface area contributed by atoms with Gasteiger partial charge in [-0.25, -0.2) is 9.59 Å². The van der Waals surface area contributed by atoms with Crippen LogP contribution in [0.1, 0.15) is 24.0 Å². The highest BCUT2D eigenvalue weighted by molar-refractivity contribution is 5.87. The van der Waals surface area contributed by atoms with E-state index in [9.17, 15) is 50.4 Å². The van der Waals surface area contributed by atoms with E-state index < -0.39 is 66.5 Å². The van der Waals surface area contributed by atoms with Gasteiger partial charge in [0.1, 0.15) is 6.10 Å². The number of carbonyl (C=O) groups excluding carboxylic acids is 1. The van der Waals surface area contributed by atoms with Crippen LogP contribution in [0.2, 0.25) is 0 Å². The van der Waals surface area contributed by atoms with Gasteiger partial charge in [0.2, 0.25) is 0 Å². The number of aliphatic hydroxyl groups is 3. The van der Waals surface area contributed by atoms with Crippen LogP contribution in [-0.4, -0.2) is 83.0 Å². The van der Waals surface area contributed by atoms with E-state index in [1.54, 1.807) is 0 Å². The number of esters is 1. The van der Waals surface area contributed by atoms with E-state index in [4.69, 9.17) is 9.47 Å². The van der Waals surface area contributed by atoms with Crippen molar-refractivity contribution in [3.05, 3.63) is 59.7 Å². The molecule has 1 saturated carbocycles. The van der Waals surface area contributed by atoms with E-state index in [0.717, 1.165) is 12.2 Å². The molecule has 0 heterocycles. The fraction of sp³-hybridized carbons (Fsp3) is 0.280. The number of aromatic hydroxyl groups is 4. The number of benzene rings is 2. The van der Waals surface area contributed by atoms with E-state index in [-0.39, 0.29) is 11.5 Å². The standard InChI is InChI=1S/C25H26O12/c26-15-5-1-13(9-17(15)28)3-7-21(31)36-20-12-25(35,24(33)34)11-19(30)23(20)37-22(32)8-4-14-2-6-16(27)18(29)10-14/h1-10,19-21,23,26-31,35H,11-12H2,(H,33,34)/b7-3+,8-4+/t19?,20?,21?,23-,25+/m0/s1. The highest BCUT2D eigenvalue weighted by Crippen LogP contribution is 2.34. The zero-order valence-corrected chi connectivity index (χ0v) is 19.2. The third-order valence-corrected chi connectivity index (χ3v) is 5.66. The number of phenolic OH excluding ortho intramolecular Hbond substituents is 4. The van der Waals surface area contributed by atoms with Crippen LogP contribution in [-0.2, 0) is 19.1 Å².